The van der Waals surface area contributed by atoms with Crippen LogP contribution >= 0.6 is 0 Å². The number of fused-ring (bicyclic) bond motifs is 1. The van der Waals surface area contributed by atoms with E-state index in [9.17, 15) is 14.9 Å². The summed E-state index contributed by atoms with van der Waals surface area (Å²) in [5.41, 5.74) is 3.90. The van der Waals surface area contributed by atoms with Gasteiger partial charge in [0.25, 0.3) is 5.69 Å². The van der Waals surface area contributed by atoms with E-state index in [0.717, 1.165) is 22.4 Å². The lowest BCUT2D eigenvalue weighted by atomic mass is 9.95. The summed E-state index contributed by atoms with van der Waals surface area (Å²) in [4.78, 5) is 30.3. The summed E-state index contributed by atoms with van der Waals surface area (Å²) in [6.45, 7) is 3.67. The minimum Gasteiger partial charge on any atom is -0.366 e. The number of hydrogen-bond acceptors (Lipinski definition) is 5. The molecule has 1 amide bonds. The highest BCUT2D eigenvalue weighted by Crippen LogP contribution is 2.31. The Kier molecular flexibility index (Phi) is 5.39. The third-order valence-corrected chi connectivity index (χ3v) is 5.89. The van der Waals surface area contributed by atoms with Crippen molar-refractivity contribution in [2.45, 2.75) is 26.3 Å². The molecule has 0 saturated carbocycles. The first kappa shape index (κ1) is 19.9. The molecular formula is C22H25N5O3. The molecule has 8 heteroatoms. The van der Waals surface area contributed by atoms with Gasteiger partial charge in [-0.15, -0.1) is 0 Å². The molecule has 2 aromatic carbocycles. The zero-order valence-electron chi connectivity index (χ0n) is 17.2. The van der Waals surface area contributed by atoms with Gasteiger partial charge in [0.15, 0.2) is 0 Å². The highest BCUT2D eigenvalue weighted by molar-refractivity contribution is 5.81. The smallest absolute Gasteiger partial charge is 0.292 e. The van der Waals surface area contributed by atoms with Crippen LogP contribution in [0, 0.1) is 23.0 Å². The number of nitro benzene ring substituents is 1. The number of amides is 1. The van der Waals surface area contributed by atoms with Gasteiger partial charge in [-0.1, -0.05) is 24.3 Å². The van der Waals surface area contributed by atoms with Crippen LogP contribution in [0.2, 0.25) is 0 Å². The van der Waals surface area contributed by atoms with Crippen molar-refractivity contribution >= 4 is 28.3 Å². The Morgan fingerprint density at radius 3 is 2.63 bits per heavy atom. The number of carbonyl (C=O) groups is 1. The summed E-state index contributed by atoms with van der Waals surface area (Å²) in [6.07, 6.45) is 1.33. The fourth-order valence-electron chi connectivity index (χ4n) is 4.25. The van der Waals surface area contributed by atoms with Crippen LogP contribution in [0.15, 0.2) is 42.5 Å². The number of aromatic nitrogens is 2. The Morgan fingerprint density at radius 2 is 1.93 bits per heavy atom. The minimum absolute atomic E-state index is 0.0148. The monoisotopic (exact) mass is 407 g/mol. The number of aryl methyl sites for hydroxylation is 2. The number of benzene rings is 2. The third kappa shape index (κ3) is 3.72. The number of hydrogen-bond donors (Lipinski definition) is 1. The van der Waals surface area contributed by atoms with Crippen LogP contribution < -0.4 is 10.2 Å². The molecule has 1 aliphatic heterocycles. The zero-order valence-corrected chi connectivity index (χ0v) is 17.2. The van der Waals surface area contributed by atoms with E-state index in [1.807, 2.05) is 28.6 Å². The SMILES string of the molecule is Cc1cccc2nc(CNC(=O)C3CCN(c4ccccc4[N+](=O)[O-])CC3)n(C)c12. The van der Waals surface area contributed by atoms with Crippen molar-refractivity contribution in [1.82, 2.24) is 14.9 Å². The first-order valence-corrected chi connectivity index (χ1v) is 10.1. The van der Waals surface area contributed by atoms with Crippen molar-refractivity contribution in [1.29, 1.82) is 0 Å². The summed E-state index contributed by atoms with van der Waals surface area (Å²) in [6, 6.07) is 12.8. The molecule has 4 rings (SSSR count). The summed E-state index contributed by atoms with van der Waals surface area (Å²) >= 11 is 0. The van der Waals surface area contributed by atoms with Crippen molar-refractivity contribution < 1.29 is 9.72 Å². The summed E-state index contributed by atoms with van der Waals surface area (Å²) in [5.74, 6) is 0.742. The predicted molar refractivity (Wildman–Crippen MR) is 115 cm³/mol. The summed E-state index contributed by atoms with van der Waals surface area (Å²) in [7, 11) is 1.97. The average Bonchev–Trinajstić information content (AvgIpc) is 3.09. The van der Waals surface area contributed by atoms with E-state index in [4.69, 9.17) is 0 Å². The predicted octanol–water partition coefficient (Wildman–Crippen LogP) is 3.32. The first-order chi connectivity index (χ1) is 14.5. The largest absolute Gasteiger partial charge is 0.366 e. The molecule has 1 aromatic heterocycles. The van der Waals surface area contributed by atoms with E-state index in [2.05, 4.69) is 23.3 Å². The molecule has 0 aliphatic carbocycles. The minimum atomic E-state index is -0.354. The molecule has 0 bridgehead atoms. The van der Waals surface area contributed by atoms with Gasteiger partial charge >= 0.3 is 0 Å². The lowest BCUT2D eigenvalue weighted by molar-refractivity contribution is -0.384. The highest BCUT2D eigenvalue weighted by atomic mass is 16.6. The number of anilines is 1. The molecular weight excluding hydrogens is 382 g/mol. The van der Waals surface area contributed by atoms with Gasteiger partial charge in [0.1, 0.15) is 11.5 Å². The molecule has 0 spiro atoms. The van der Waals surface area contributed by atoms with Gasteiger partial charge in [0, 0.05) is 32.1 Å². The topological polar surface area (TPSA) is 93.3 Å². The van der Waals surface area contributed by atoms with Crippen molar-refractivity contribution in [2.75, 3.05) is 18.0 Å². The highest BCUT2D eigenvalue weighted by Gasteiger charge is 2.28. The lowest BCUT2D eigenvalue weighted by Crippen LogP contribution is -2.40. The number of nitrogens with zero attached hydrogens (tertiary/aromatic N) is 4. The summed E-state index contributed by atoms with van der Waals surface area (Å²) < 4.78 is 2.03. The fourth-order valence-corrected chi connectivity index (χ4v) is 4.25. The number of imidazole rings is 1. The first-order valence-electron chi connectivity index (χ1n) is 10.1. The number of nitrogens with one attached hydrogen (secondary N) is 1. The number of nitro groups is 1. The Bertz CT molecular complexity index is 1100. The number of piperidine rings is 1. The van der Waals surface area contributed by atoms with Crippen LogP contribution in [-0.4, -0.2) is 33.5 Å². The maximum Gasteiger partial charge on any atom is 0.292 e. The Morgan fingerprint density at radius 1 is 1.20 bits per heavy atom. The molecule has 1 saturated heterocycles. The zero-order chi connectivity index (χ0) is 21.3. The molecule has 0 radical (unpaired) electrons. The van der Waals surface area contributed by atoms with Gasteiger partial charge in [-0.05, 0) is 37.5 Å². The molecule has 2 heterocycles. The quantitative estimate of drug-likeness (QED) is 0.517. The lowest BCUT2D eigenvalue weighted by Gasteiger charge is -2.32. The summed E-state index contributed by atoms with van der Waals surface area (Å²) in [5, 5.41) is 14.3. The van der Waals surface area contributed by atoms with E-state index in [-0.39, 0.29) is 22.4 Å². The van der Waals surface area contributed by atoms with Gasteiger partial charge in [-0.25, -0.2) is 4.98 Å². The Hall–Kier alpha value is -3.42. The van der Waals surface area contributed by atoms with Crippen LogP contribution in [0.25, 0.3) is 11.0 Å². The molecule has 8 nitrogen and oxygen atoms in total. The average molecular weight is 407 g/mol. The molecule has 0 unspecified atom stereocenters. The van der Waals surface area contributed by atoms with Gasteiger partial charge in [0.05, 0.1) is 22.5 Å². The maximum atomic E-state index is 12.7. The van der Waals surface area contributed by atoms with Gasteiger partial charge < -0.3 is 14.8 Å². The van der Waals surface area contributed by atoms with E-state index in [0.29, 0.717) is 38.2 Å². The molecule has 30 heavy (non-hydrogen) atoms. The van der Waals surface area contributed by atoms with Gasteiger partial charge in [0.2, 0.25) is 5.91 Å². The van der Waals surface area contributed by atoms with Crippen LogP contribution in [0.5, 0.6) is 0 Å². The molecule has 1 aliphatic rings. The van der Waals surface area contributed by atoms with Crippen molar-refractivity contribution in [3.63, 3.8) is 0 Å². The van der Waals surface area contributed by atoms with E-state index in [1.54, 1.807) is 18.2 Å². The van der Waals surface area contributed by atoms with Crippen LogP contribution in [-0.2, 0) is 18.4 Å². The van der Waals surface area contributed by atoms with Crippen molar-refractivity contribution in [2.24, 2.45) is 13.0 Å². The second kappa shape index (κ2) is 8.14. The second-order valence-electron chi connectivity index (χ2n) is 7.75. The number of rotatable bonds is 5. The van der Waals surface area contributed by atoms with Crippen molar-refractivity contribution in [3.8, 4) is 0 Å². The Balaban J connectivity index is 1.37. The molecule has 1 N–H and O–H groups in total. The molecule has 3 aromatic rings. The van der Waals surface area contributed by atoms with Crippen molar-refractivity contribution in [3.05, 3.63) is 64.0 Å². The van der Waals surface area contributed by atoms with Crippen LogP contribution in [0.3, 0.4) is 0 Å². The fraction of sp³-hybridized carbons (Fsp3) is 0.364. The van der Waals surface area contributed by atoms with E-state index in [1.165, 1.54) is 6.07 Å². The third-order valence-electron chi connectivity index (χ3n) is 5.89. The van der Waals surface area contributed by atoms with E-state index >= 15 is 0 Å². The maximum absolute atomic E-state index is 12.7. The number of carbonyl (C=O) groups excluding carboxylic acids is 1. The van der Waals surface area contributed by atoms with Crippen LogP contribution in [0.1, 0.15) is 24.2 Å². The Labute approximate surface area is 174 Å². The molecule has 0 atom stereocenters. The normalized spacial score (nSPS) is 14.8. The molecule has 1 fully saturated rings. The standard InChI is InChI=1S/C22H25N5O3/c1-15-6-5-7-17-21(15)25(2)20(24-17)14-23-22(28)16-10-12-26(13-11-16)18-8-3-4-9-19(18)27(29)30/h3-9,16H,10-14H2,1-2H3,(H,23,28). The van der Waals surface area contributed by atoms with Gasteiger partial charge in [-0.2, -0.15) is 0 Å². The molecule has 156 valence electrons. The number of para-hydroxylation sites is 3. The van der Waals surface area contributed by atoms with Crippen LogP contribution in [0.4, 0.5) is 11.4 Å². The van der Waals surface area contributed by atoms with Gasteiger partial charge in [-0.3, -0.25) is 14.9 Å². The second-order valence-corrected chi connectivity index (χ2v) is 7.75. The van der Waals surface area contributed by atoms with E-state index < -0.39 is 0 Å².